The molecule has 2 aromatic carbocycles. The van der Waals surface area contributed by atoms with Gasteiger partial charge in [0.1, 0.15) is 0 Å². The molecule has 7 unspecified atom stereocenters. The van der Waals surface area contributed by atoms with Crippen molar-refractivity contribution < 1.29 is 0 Å². The van der Waals surface area contributed by atoms with Gasteiger partial charge in [0.15, 0.2) is 0 Å². The van der Waals surface area contributed by atoms with Crippen LogP contribution < -0.4 is 0 Å². The molecule has 0 spiro atoms. The Labute approximate surface area is 326 Å². The van der Waals surface area contributed by atoms with Gasteiger partial charge in [-0.25, -0.2) is 0 Å². The van der Waals surface area contributed by atoms with Crippen LogP contribution in [0.5, 0.6) is 0 Å². The van der Waals surface area contributed by atoms with Gasteiger partial charge in [0.2, 0.25) is 0 Å². The van der Waals surface area contributed by atoms with E-state index in [-0.39, 0.29) is 11.8 Å². The van der Waals surface area contributed by atoms with Crippen LogP contribution in [0.3, 0.4) is 0 Å². The SMILES string of the molecule is C/C(=N\CC1C=CC=CC1C)C1=CC2C(C3=CCC4C=CC=CC4=C3)=C3C4=CC5=C(C=CCC5)C5C=CC=C(C3=C(c3ccc6ccccc6c3)C2C=C1)C45. The fraction of sp³-hybridized carbons (Fsp3) is 0.241. The molecular formula is C54H47N. The number of hydrogen-bond donors (Lipinski definition) is 0. The summed E-state index contributed by atoms with van der Waals surface area (Å²) in [5.74, 6) is 2.48. The van der Waals surface area contributed by atoms with Gasteiger partial charge < -0.3 is 0 Å². The molecule has 2 aromatic rings. The Kier molecular flexibility index (Phi) is 7.80. The second-order valence-electron chi connectivity index (χ2n) is 16.8. The van der Waals surface area contributed by atoms with Crippen molar-refractivity contribution in [2.75, 3.05) is 6.54 Å². The average Bonchev–Trinajstić information content (AvgIpc) is 3.55. The predicted molar refractivity (Wildman–Crippen MR) is 231 cm³/mol. The van der Waals surface area contributed by atoms with Crippen LogP contribution in [0.2, 0.25) is 0 Å². The number of allylic oxidation sites excluding steroid dienone is 29. The van der Waals surface area contributed by atoms with Gasteiger partial charge in [0.25, 0.3) is 0 Å². The number of rotatable bonds is 5. The number of benzene rings is 2. The minimum absolute atomic E-state index is 0.180. The van der Waals surface area contributed by atoms with Crippen LogP contribution in [0.1, 0.15) is 38.7 Å². The minimum atomic E-state index is 0.180. The molecule has 0 saturated heterocycles. The molecule has 0 heterocycles. The Hall–Kier alpha value is -5.53. The van der Waals surface area contributed by atoms with E-state index < -0.39 is 0 Å². The number of fused-ring (bicyclic) bond motifs is 7. The molecule has 0 N–H and O–H groups in total. The van der Waals surface area contributed by atoms with E-state index in [1.165, 1.54) is 77.6 Å². The molecule has 7 atom stereocenters. The van der Waals surface area contributed by atoms with Crippen molar-refractivity contribution in [3.8, 4) is 0 Å². The molecule has 0 bridgehead atoms. The lowest BCUT2D eigenvalue weighted by molar-refractivity contribution is 0.518. The summed E-state index contributed by atoms with van der Waals surface area (Å²) in [7, 11) is 0. The van der Waals surface area contributed by atoms with Crippen molar-refractivity contribution in [2.24, 2.45) is 46.4 Å². The molecule has 0 aliphatic heterocycles. The van der Waals surface area contributed by atoms with Crippen LogP contribution >= 0.6 is 0 Å². The number of aliphatic imine (C=N–C) groups is 1. The standard InChI is InChI=1S/C54H47N/c1-33-12-3-4-18-43(33)32-55-34(2)37-26-27-46-48(30-37)51(42-25-23-36-14-6-8-16-39(36)29-42)54-49-31-40-17-9-10-19-44(40)45-20-11-21-47(52(45)49)53(54)50(46)41-24-22-35-13-5-7-15-38(35)28-41/h3-8,10-16,18-22,24-31,33,36,43,45-46,48,52H,9,17,23,32H2,1-2H3/b55-34+. The molecule has 268 valence electrons. The maximum atomic E-state index is 5.28. The van der Waals surface area contributed by atoms with Crippen LogP contribution in [-0.2, 0) is 0 Å². The first-order valence-electron chi connectivity index (χ1n) is 20.6. The zero-order valence-corrected chi connectivity index (χ0v) is 31.8. The van der Waals surface area contributed by atoms with Crippen molar-refractivity contribution in [2.45, 2.75) is 33.1 Å². The molecule has 9 aliphatic carbocycles. The van der Waals surface area contributed by atoms with Crippen LogP contribution in [0.25, 0.3) is 16.3 Å². The third-order valence-corrected chi connectivity index (χ3v) is 13.8. The highest BCUT2D eigenvalue weighted by atomic mass is 14.7. The second kappa shape index (κ2) is 13.1. The molecule has 1 nitrogen and oxygen atoms in total. The lowest BCUT2D eigenvalue weighted by Gasteiger charge is -2.39. The summed E-state index contributed by atoms with van der Waals surface area (Å²) in [6.45, 7) is 5.36. The van der Waals surface area contributed by atoms with Gasteiger partial charge >= 0.3 is 0 Å². The van der Waals surface area contributed by atoms with E-state index in [1.54, 1.807) is 0 Å². The highest BCUT2D eigenvalue weighted by molar-refractivity contribution is 6.02. The van der Waals surface area contributed by atoms with Gasteiger partial charge in [-0.2, -0.15) is 0 Å². The van der Waals surface area contributed by atoms with Crippen LogP contribution in [0, 0.1) is 41.4 Å². The summed E-state index contributed by atoms with van der Waals surface area (Å²) in [5, 5.41) is 2.59. The van der Waals surface area contributed by atoms with E-state index in [9.17, 15) is 0 Å². The van der Waals surface area contributed by atoms with E-state index in [1.807, 2.05) is 0 Å². The molecule has 9 aliphatic rings. The van der Waals surface area contributed by atoms with Gasteiger partial charge in [-0.3, -0.25) is 4.99 Å². The lowest BCUT2D eigenvalue weighted by atomic mass is 9.64. The topological polar surface area (TPSA) is 12.4 Å². The molecule has 0 amide bonds. The van der Waals surface area contributed by atoms with E-state index in [4.69, 9.17) is 4.99 Å². The normalized spacial score (nSPS) is 31.1. The van der Waals surface area contributed by atoms with Crippen molar-refractivity contribution >= 4 is 22.1 Å². The lowest BCUT2D eigenvalue weighted by Crippen LogP contribution is -2.27. The molecule has 1 heteroatoms. The highest BCUT2D eigenvalue weighted by Crippen LogP contribution is 2.63. The summed E-state index contributed by atoms with van der Waals surface area (Å²) in [5.41, 5.74) is 18.7. The van der Waals surface area contributed by atoms with Crippen molar-refractivity contribution in [1.82, 2.24) is 0 Å². The van der Waals surface area contributed by atoms with Gasteiger partial charge in [0, 0.05) is 47.8 Å². The van der Waals surface area contributed by atoms with Gasteiger partial charge in [-0.1, -0.05) is 159 Å². The van der Waals surface area contributed by atoms with E-state index >= 15 is 0 Å². The highest BCUT2D eigenvalue weighted by Gasteiger charge is 2.50. The zero-order chi connectivity index (χ0) is 36.6. The molecular weight excluding hydrogens is 663 g/mol. The predicted octanol–water partition coefficient (Wildman–Crippen LogP) is 12.8. The third kappa shape index (κ3) is 5.30. The van der Waals surface area contributed by atoms with Crippen LogP contribution in [0.4, 0.5) is 0 Å². The summed E-state index contributed by atoms with van der Waals surface area (Å²) in [4.78, 5) is 5.28. The molecule has 0 aromatic heterocycles. The molecule has 11 rings (SSSR count). The van der Waals surface area contributed by atoms with Crippen LogP contribution in [-0.4, -0.2) is 12.3 Å². The van der Waals surface area contributed by atoms with Crippen molar-refractivity contribution in [1.29, 1.82) is 0 Å². The maximum absolute atomic E-state index is 5.28. The van der Waals surface area contributed by atoms with Gasteiger partial charge in [-0.15, -0.1) is 0 Å². The first kappa shape index (κ1) is 32.9. The van der Waals surface area contributed by atoms with Gasteiger partial charge in [-0.05, 0) is 116 Å². The fourth-order valence-corrected chi connectivity index (χ4v) is 10.9. The second-order valence-corrected chi connectivity index (χ2v) is 16.8. The molecule has 55 heavy (non-hydrogen) atoms. The first-order chi connectivity index (χ1) is 27.1. The Balaban J connectivity index is 1.16. The molecule has 0 radical (unpaired) electrons. The Morgan fingerprint density at radius 2 is 1.64 bits per heavy atom. The van der Waals surface area contributed by atoms with Crippen LogP contribution in [0.15, 0.2) is 219 Å². The maximum Gasteiger partial charge on any atom is 0.0461 e. The van der Waals surface area contributed by atoms with Crippen molar-refractivity contribution in [3.05, 3.63) is 219 Å². The monoisotopic (exact) mass is 709 g/mol. The quantitative estimate of drug-likeness (QED) is 0.274. The summed E-state index contributed by atoms with van der Waals surface area (Å²) >= 11 is 0. The van der Waals surface area contributed by atoms with E-state index in [2.05, 4.69) is 172 Å². The Morgan fingerprint density at radius 3 is 2.56 bits per heavy atom. The third-order valence-electron chi connectivity index (χ3n) is 13.8. The Bertz CT molecular complexity index is 2580. The van der Waals surface area contributed by atoms with E-state index in [0.717, 1.165) is 31.5 Å². The number of hydrogen-bond acceptors (Lipinski definition) is 1. The largest absolute Gasteiger partial charge is 0.289 e. The minimum Gasteiger partial charge on any atom is -0.289 e. The van der Waals surface area contributed by atoms with Gasteiger partial charge in [0.05, 0.1) is 0 Å². The molecule has 1 saturated carbocycles. The smallest absolute Gasteiger partial charge is 0.0461 e. The Morgan fingerprint density at radius 1 is 0.764 bits per heavy atom. The summed E-state index contributed by atoms with van der Waals surface area (Å²) in [6.07, 6.45) is 48.9. The summed E-state index contributed by atoms with van der Waals surface area (Å²) < 4.78 is 0. The van der Waals surface area contributed by atoms with E-state index in [0.29, 0.717) is 29.6 Å². The fourth-order valence-electron chi connectivity index (χ4n) is 10.9. The average molecular weight is 710 g/mol. The summed E-state index contributed by atoms with van der Waals surface area (Å²) in [6, 6.07) is 16.1. The van der Waals surface area contributed by atoms with Crippen molar-refractivity contribution in [3.63, 3.8) is 0 Å². The zero-order valence-electron chi connectivity index (χ0n) is 31.8. The first-order valence-corrected chi connectivity index (χ1v) is 20.6. The number of nitrogens with zero attached hydrogens (tertiary/aromatic N) is 1. The molecule has 1 fully saturated rings.